The van der Waals surface area contributed by atoms with Crippen LogP contribution in [0.4, 0.5) is 11.4 Å². The predicted octanol–water partition coefficient (Wildman–Crippen LogP) is 3.67. The van der Waals surface area contributed by atoms with E-state index < -0.39 is 17.7 Å². The number of carbonyl (C=O) groups is 2. The minimum atomic E-state index is -1.51. The molecule has 0 unspecified atom stereocenters. The number of rotatable bonds is 4. The van der Waals surface area contributed by atoms with Gasteiger partial charge in [0.15, 0.2) is 0 Å². The monoisotopic (exact) mass is 498 g/mol. The van der Waals surface area contributed by atoms with Gasteiger partial charge in [-0.25, -0.2) is 0 Å². The highest BCUT2D eigenvalue weighted by Crippen LogP contribution is 2.43. The first kappa shape index (κ1) is 24.0. The number of aromatic nitrogens is 1. The molecule has 1 aromatic carbocycles. The second-order valence-electron chi connectivity index (χ2n) is 9.45. The van der Waals surface area contributed by atoms with E-state index in [2.05, 4.69) is 22.3 Å². The Labute approximate surface area is 210 Å². The lowest BCUT2D eigenvalue weighted by Gasteiger charge is -2.33. The fourth-order valence-electron chi connectivity index (χ4n) is 5.20. The van der Waals surface area contributed by atoms with Crippen molar-refractivity contribution in [3.63, 3.8) is 0 Å². The van der Waals surface area contributed by atoms with E-state index in [0.717, 1.165) is 42.3 Å². The molecule has 186 valence electrons. The number of halogens is 1. The van der Waals surface area contributed by atoms with Gasteiger partial charge in [0.1, 0.15) is 0 Å². The van der Waals surface area contributed by atoms with Crippen LogP contribution >= 0.6 is 11.6 Å². The summed E-state index contributed by atoms with van der Waals surface area (Å²) < 4.78 is 11.5. The van der Waals surface area contributed by atoms with Crippen LogP contribution in [0.25, 0.3) is 0 Å². The van der Waals surface area contributed by atoms with Crippen LogP contribution in [-0.2, 0) is 37.8 Å². The Morgan fingerprint density at radius 1 is 1.06 bits per heavy atom. The first-order chi connectivity index (χ1) is 16.9. The van der Waals surface area contributed by atoms with E-state index in [9.17, 15) is 9.59 Å². The Balaban J connectivity index is 1.47. The number of esters is 2. The van der Waals surface area contributed by atoms with Crippen LogP contribution in [0, 0.1) is 0 Å². The first-order valence-corrected chi connectivity index (χ1v) is 12.7. The highest BCUT2D eigenvalue weighted by Gasteiger charge is 2.46. The average Bonchev–Trinajstić information content (AvgIpc) is 3.12. The summed E-state index contributed by atoms with van der Waals surface area (Å²) >= 11 is 6.73. The Morgan fingerprint density at radius 3 is 2.49 bits per heavy atom. The van der Waals surface area contributed by atoms with Crippen molar-refractivity contribution in [1.29, 1.82) is 0 Å². The second kappa shape index (κ2) is 10.1. The summed E-state index contributed by atoms with van der Waals surface area (Å²) in [6.45, 7) is 3.92. The summed E-state index contributed by atoms with van der Waals surface area (Å²) in [7, 11) is 1.94. The molecular formula is C26H31ClN4O4. The van der Waals surface area contributed by atoms with Crippen LogP contribution < -0.4 is 10.2 Å². The van der Waals surface area contributed by atoms with Crippen molar-refractivity contribution in [3.05, 3.63) is 52.3 Å². The average molecular weight is 499 g/mol. The van der Waals surface area contributed by atoms with Crippen molar-refractivity contribution in [1.82, 2.24) is 15.2 Å². The lowest BCUT2D eigenvalue weighted by atomic mass is 9.95. The smallest absolute Gasteiger partial charge is 0.309 e. The number of fused-ring (bicyclic) bond motifs is 2. The van der Waals surface area contributed by atoms with Crippen LogP contribution in [0.5, 0.6) is 0 Å². The SMILES string of the molecule is CN(c1ccc(CN2CCCCC2)nc1)c1c(Cl)ccc2c1CCNCC21OC(=O)CCC(=O)O1. The van der Waals surface area contributed by atoms with Crippen LogP contribution in [0.1, 0.15) is 48.9 Å². The van der Waals surface area contributed by atoms with Gasteiger partial charge in [-0.3, -0.25) is 19.5 Å². The maximum absolute atomic E-state index is 12.4. The molecule has 0 aliphatic carbocycles. The Morgan fingerprint density at radius 2 is 1.80 bits per heavy atom. The van der Waals surface area contributed by atoms with Gasteiger partial charge in [0, 0.05) is 19.2 Å². The molecule has 9 heteroatoms. The molecule has 2 saturated heterocycles. The molecule has 1 N–H and O–H groups in total. The third-order valence-corrected chi connectivity index (χ3v) is 7.32. The van der Waals surface area contributed by atoms with E-state index in [0.29, 0.717) is 23.6 Å². The molecular weight excluding hydrogens is 468 g/mol. The number of piperidine rings is 1. The van der Waals surface area contributed by atoms with Crippen LogP contribution in [0.3, 0.4) is 0 Å². The van der Waals surface area contributed by atoms with Crippen molar-refractivity contribution < 1.29 is 19.1 Å². The minimum Gasteiger partial charge on any atom is -0.416 e. The van der Waals surface area contributed by atoms with Gasteiger partial charge in [0.25, 0.3) is 5.79 Å². The van der Waals surface area contributed by atoms with E-state index in [1.54, 1.807) is 12.1 Å². The molecule has 0 bridgehead atoms. The number of pyridine rings is 1. The number of anilines is 2. The Hall–Kier alpha value is -2.68. The zero-order chi connectivity index (χ0) is 24.4. The molecule has 35 heavy (non-hydrogen) atoms. The van der Waals surface area contributed by atoms with Gasteiger partial charge < -0.3 is 19.7 Å². The lowest BCUT2D eigenvalue weighted by Crippen LogP contribution is -2.43. The van der Waals surface area contributed by atoms with Crippen molar-refractivity contribution >= 4 is 34.9 Å². The van der Waals surface area contributed by atoms with Crippen molar-refractivity contribution in [3.8, 4) is 0 Å². The van der Waals surface area contributed by atoms with E-state index >= 15 is 0 Å². The molecule has 3 aliphatic heterocycles. The summed E-state index contributed by atoms with van der Waals surface area (Å²) in [5.41, 5.74) is 4.25. The molecule has 0 amide bonds. The number of nitrogens with one attached hydrogen (secondary N) is 1. The van der Waals surface area contributed by atoms with Crippen molar-refractivity contribution in [2.75, 3.05) is 38.1 Å². The second-order valence-corrected chi connectivity index (χ2v) is 9.86. The maximum Gasteiger partial charge on any atom is 0.309 e. The van der Waals surface area contributed by atoms with E-state index in [1.807, 2.05) is 18.1 Å². The van der Waals surface area contributed by atoms with Gasteiger partial charge in [-0.15, -0.1) is 0 Å². The van der Waals surface area contributed by atoms with Crippen LogP contribution in [0.2, 0.25) is 5.02 Å². The number of carbonyl (C=O) groups excluding carboxylic acids is 2. The quantitative estimate of drug-likeness (QED) is 0.639. The third kappa shape index (κ3) is 5.01. The van der Waals surface area contributed by atoms with E-state index in [-0.39, 0.29) is 19.4 Å². The minimum absolute atomic E-state index is 0.00567. The van der Waals surface area contributed by atoms with Gasteiger partial charge in [-0.2, -0.15) is 0 Å². The van der Waals surface area contributed by atoms with E-state index in [4.69, 9.17) is 26.1 Å². The van der Waals surface area contributed by atoms with Gasteiger partial charge >= 0.3 is 11.9 Å². The zero-order valence-corrected chi connectivity index (χ0v) is 20.8. The number of likely N-dealkylation sites (tertiary alicyclic amines) is 1. The number of benzene rings is 1. The molecule has 3 aliphatic rings. The topological polar surface area (TPSA) is 84.0 Å². The van der Waals surface area contributed by atoms with Crippen LogP contribution in [0.15, 0.2) is 30.5 Å². The Kier molecular flexibility index (Phi) is 6.95. The Bertz CT molecular complexity index is 1080. The summed E-state index contributed by atoms with van der Waals surface area (Å²) in [4.78, 5) is 33.9. The summed E-state index contributed by atoms with van der Waals surface area (Å²) in [6.07, 6.45) is 6.32. The number of nitrogens with zero attached hydrogens (tertiary/aromatic N) is 3. The number of ether oxygens (including phenoxy) is 2. The highest BCUT2D eigenvalue weighted by atomic mass is 35.5. The van der Waals surface area contributed by atoms with E-state index in [1.165, 1.54) is 19.3 Å². The molecule has 2 fully saturated rings. The van der Waals surface area contributed by atoms with Gasteiger partial charge in [-0.05, 0) is 68.7 Å². The number of hydrogen-bond donors (Lipinski definition) is 1. The van der Waals surface area contributed by atoms with Crippen molar-refractivity contribution in [2.24, 2.45) is 0 Å². The molecule has 1 spiro atoms. The molecule has 4 heterocycles. The van der Waals surface area contributed by atoms with Crippen LogP contribution in [-0.4, -0.2) is 55.0 Å². The zero-order valence-electron chi connectivity index (χ0n) is 20.0. The fourth-order valence-corrected chi connectivity index (χ4v) is 5.51. The normalized spacial score (nSPS) is 20.4. The molecule has 5 rings (SSSR count). The fraction of sp³-hybridized carbons (Fsp3) is 0.500. The summed E-state index contributed by atoms with van der Waals surface area (Å²) in [5.74, 6) is -2.42. The third-order valence-electron chi connectivity index (χ3n) is 7.01. The molecule has 1 aromatic heterocycles. The van der Waals surface area contributed by atoms with Crippen molar-refractivity contribution in [2.45, 2.75) is 50.9 Å². The molecule has 8 nitrogen and oxygen atoms in total. The predicted molar refractivity (Wildman–Crippen MR) is 133 cm³/mol. The highest BCUT2D eigenvalue weighted by molar-refractivity contribution is 6.33. The largest absolute Gasteiger partial charge is 0.416 e. The summed E-state index contributed by atoms with van der Waals surface area (Å²) in [6, 6.07) is 7.68. The first-order valence-electron chi connectivity index (χ1n) is 12.3. The lowest BCUT2D eigenvalue weighted by molar-refractivity contribution is -0.225. The standard InChI is InChI=1S/C26H31ClN4O4/c1-30(19-6-5-18(29-15-19)16-31-13-3-2-4-14-31)25-20-11-12-28-17-26(21(20)7-8-22(25)27)34-23(32)9-10-24(33)35-26/h5-8,15,28H,2-4,9-14,16-17H2,1H3. The number of hydrogen-bond acceptors (Lipinski definition) is 8. The van der Waals surface area contributed by atoms with Gasteiger partial charge in [0.05, 0.1) is 47.7 Å². The molecule has 0 radical (unpaired) electrons. The maximum atomic E-state index is 12.4. The molecule has 0 atom stereocenters. The molecule has 2 aromatic rings. The summed E-state index contributed by atoms with van der Waals surface area (Å²) in [5, 5.41) is 3.82. The van der Waals surface area contributed by atoms with Gasteiger partial charge in [0.2, 0.25) is 0 Å². The van der Waals surface area contributed by atoms with Gasteiger partial charge in [-0.1, -0.05) is 18.0 Å². The molecule has 0 saturated carbocycles.